The van der Waals surface area contributed by atoms with Gasteiger partial charge in [0, 0.05) is 54.6 Å². The number of amides is 1. The van der Waals surface area contributed by atoms with Crippen LogP contribution in [0.25, 0.3) is 11.1 Å². The van der Waals surface area contributed by atoms with E-state index >= 15 is 0 Å². The summed E-state index contributed by atoms with van der Waals surface area (Å²) in [6, 6.07) is 1.95. The molecule has 0 aliphatic rings. The van der Waals surface area contributed by atoms with Crippen molar-refractivity contribution in [2.75, 3.05) is 0 Å². The Morgan fingerprint density at radius 1 is 1.19 bits per heavy atom. The van der Waals surface area contributed by atoms with E-state index in [-0.39, 0.29) is 18.0 Å². The second-order valence-electron chi connectivity index (χ2n) is 6.15. The van der Waals surface area contributed by atoms with E-state index in [0.717, 1.165) is 16.7 Å². The lowest BCUT2D eigenvalue weighted by Crippen LogP contribution is -2.33. The first-order valence-corrected chi connectivity index (χ1v) is 8.16. The van der Waals surface area contributed by atoms with Gasteiger partial charge in [-0.1, -0.05) is 0 Å². The van der Waals surface area contributed by atoms with E-state index < -0.39 is 0 Å². The fourth-order valence-corrected chi connectivity index (χ4v) is 2.51. The summed E-state index contributed by atoms with van der Waals surface area (Å²) in [5.74, 6) is -0.260. The summed E-state index contributed by atoms with van der Waals surface area (Å²) in [5, 5.41) is 6.95. The summed E-state index contributed by atoms with van der Waals surface area (Å²) in [6.45, 7) is 3.73. The lowest BCUT2D eigenvalue weighted by atomic mass is 10.1. The van der Waals surface area contributed by atoms with E-state index in [0.29, 0.717) is 17.8 Å². The molecule has 8 heteroatoms. The second-order valence-corrected chi connectivity index (χ2v) is 6.15. The van der Waals surface area contributed by atoms with Gasteiger partial charge in [-0.3, -0.25) is 23.8 Å². The van der Waals surface area contributed by atoms with E-state index in [1.54, 1.807) is 37.1 Å². The lowest BCUT2D eigenvalue weighted by molar-refractivity contribution is -0.121. The number of aryl methyl sites for hydroxylation is 2. The molecule has 26 heavy (non-hydrogen) atoms. The van der Waals surface area contributed by atoms with Crippen molar-refractivity contribution >= 4 is 5.91 Å². The highest BCUT2D eigenvalue weighted by Crippen LogP contribution is 2.18. The van der Waals surface area contributed by atoms with Crippen LogP contribution in [0, 0.1) is 13.8 Å². The fourth-order valence-electron chi connectivity index (χ4n) is 2.51. The van der Waals surface area contributed by atoms with Crippen LogP contribution in [0.3, 0.4) is 0 Å². The number of nitrogens with zero attached hydrogens (tertiary/aromatic N) is 5. The average Bonchev–Trinajstić information content (AvgIpc) is 3.07. The Bertz CT molecular complexity index is 1000. The van der Waals surface area contributed by atoms with Gasteiger partial charge in [-0.2, -0.15) is 5.10 Å². The van der Waals surface area contributed by atoms with Gasteiger partial charge in [-0.15, -0.1) is 0 Å². The zero-order chi connectivity index (χ0) is 18.7. The molecule has 0 aliphatic heterocycles. The third-order valence-corrected chi connectivity index (χ3v) is 4.15. The maximum absolute atomic E-state index is 12.2. The van der Waals surface area contributed by atoms with Gasteiger partial charge in [0.15, 0.2) is 0 Å². The Morgan fingerprint density at radius 3 is 2.73 bits per heavy atom. The van der Waals surface area contributed by atoms with Gasteiger partial charge in [-0.05, 0) is 25.5 Å². The van der Waals surface area contributed by atoms with Crippen molar-refractivity contribution in [3.8, 4) is 11.1 Å². The number of carbonyl (C=O) groups is 1. The molecule has 3 heterocycles. The molecular formula is C18H20N6O2. The summed E-state index contributed by atoms with van der Waals surface area (Å²) >= 11 is 0. The fraction of sp³-hybridized carbons (Fsp3) is 0.278. The molecule has 0 aliphatic carbocycles. The molecule has 3 rings (SSSR count). The molecule has 0 aromatic carbocycles. The minimum Gasteiger partial charge on any atom is -0.350 e. The van der Waals surface area contributed by atoms with Gasteiger partial charge in [-0.25, -0.2) is 4.98 Å². The molecule has 3 aromatic rings. The van der Waals surface area contributed by atoms with E-state index in [1.807, 2.05) is 19.3 Å². The van der Waals surface area contributed by atoms with Crippen LogP contribution in [0.2, 0.25) is 0 Å². The Morgan fingerprint density at radius 2 is 2.00 bits per heavy atom. The molecule has 8 nitrogen and oxygen atoms in total. The predicted octanol–water partition coefficient (Wildman–Crippen LogP) is 0.972. The average molecular weight is 352 g/mol. The van der Waals surface area contributed by atoms with Crippen molar-refractivity contribution in [3.05, 3.63) is 64.4 Å². The van der Waals surface area contributed by atoms with Crippen molar-refractivity contribution < 1.29 is 4.79 Å². The third kappa shape index (κ3) is 3.85. The number of rotatable bonds is 5. The molecule has 0 bridgehead atoms. The van der Waals surface area contributed by atoms with Crippen LogP contribution in [0.1, 0.15) is 16.8 Å². The van der Waals surface area contributed by atoms with Gasteiger partial charge in [0.1, 0.15) is 6.54 Å². The molecule has 0 radical (unpaired) electrons. The molecule has 3 aromatic heterocycles. The number of hydrogen-bond donors (Lipinski definition) is 1. The Hall–Kier alpha value is -3.29. The zero-order valence-corrected chi connectivity index (χ0v) is 14.9. The standard InChI is InChI=1S/C18H20N6O2/c1-12-13(2)21-11-24(18(12)26)10-17(25)20-6-14-4-15(7-19-5-14)16-8-22-23(3)9-16/h4-5,7-9,11H,6,10H2,1-3H3,(H,20,25). The van der Waals surface area contributed by atoms with Crippen molar-refractivity contribution in [1.82, 2.24) is 29.6 Å². The zero-order valence-electron chi connectivity index (χ0n) is 14.9. The number of pyridine rings is 1. The van der Waals surface area contributed by atoms with Crippen LogP contribution < -0.4 is 10.9 Å². The van der Waals surface area contributed by atoms with Crippen molar-refractivity contribution in [2.24, 2.45) is 7.05 Å². The topological polar surface area (TPSA) is 94.7 Å². The van der Waals surface area contributed by atoms with Crippen LogP contribution in [-0.4, -0.2) is 30.2 Å². The highest BCUT2D eigenvalue weighted by molar-refractivity contribution is 5.75. The molecule has 1 amide bonds. The maximum atomic E-state index is 12.2. The first-order chi connectivity index (χ1) is 12.4. The minimum absolute atomic E-state index is 0.0668. The van der Waals surface area contributed by atoms with Gasteiger partial charge in [0.05, 0.1) is 12.5 Å². The van der Waals surface area contributed by atoms with E-state index in [1.165, 1.54) is 10.9 Å². The molecule has 134 valence electrons. The van der Waals surface area contributed by atoms with Crippen LogP contribution >= 0.6 is 0 Å². The summed E-state index contributed by atoms with van der Waals surface area (Å²) < 4.78 is 3.03. The van der Waals surface area contributed by atoms with Crippen LogP contribution in [0.5, 0.6) is 0 Å². The van der Waals surface area contributed by atoms with Crippen LogP contribution in [0.15, 0.2) is 42.0 Å². The SMILES string of the molecule is Cc1ncn(CC(=O)NCc2cncc(-c3cnn(C)c3)c2)c(=O)c1C. The molecule has 0 saturated carbocycles. The Balaban J connectivity index is 1.65. The molecule has 0 fully saturated rings. The van der Waals surface area contributed by atoms with Crippen molar-refractivity contribution in [1.29, 1.82) is 0 Å². The summed E-state index contributed by atoms with van der Waals surface area (Å²) in [7, 11) is 1.85. The molecule has 0 atom stereocenters. The summed E-state index contributed by atoms with van der Waals surface area (Å²) in [5.41, 5.74) is 3.78. The van der Waals surface area contributed by atoms with Crippen LogP contribution in [-0.2, 0) is 24.9 Å². The first kappa shape index (κ1) is 17.5. The minimum atomic E-state index is -0.260. The molecule has 0 spiro atoms. The largest absolute Gasteiger partial charge is 0.350 e. The molecule has 1 N–H and O–H groups in total. The summed E-state index contributed by atoms with van der Waals surface area (Å²) in [6.07, 6.45) is 8.51. The monoisotopic (exact) mass is 352 g/mol. The smallest absolute Gasteiger partial charge is 0.256 e. The Kier molecular flexibility index (Phi) is 4.92. The number of nitrogens with one attached hydrogen (secondary N) is 1. The normalized spacial score (nSPS) is 10.7. The number of hydrogen-bond acceptors (Lipinski definition) is 5. The van der Waals surface area contributed by atoms with Crippen LogP contribution in [0.4, 0.5) is 0 Å². The Labute approximate surface area is 150 Å². The van der Waals surface area contributed by atoms with Gasteiger partial charge < -0.3 is 5.32 Å². The number of aromatic nitrogens is 5. The highest BCUT2D eigenvalue weighted by atomic mass is 16.2. The van der Waals surface area contributed by atoms with Gasteiger partial charge in [0.2, 0.25) is 5.91 Å². The highest BCUT2D eigenvalue weighted by Gasteiger charge is 2.09. The maximum Gasteiger partial charge on any atom is 0.256 e. The van der Waals surface area contributed by atoms with E-state index in [4.69, 9.17) is 0 Å². The number of carbonyl (C=O) groups excluding carboxylic acids is 1. The predicted molar refractivity (Wildman–Crippen MR) is 96.3 cm³/mol. The van der Waals surface area contributed by atoms with Gasteiger partial charge >= 0.3 is 0 Å². The molecule has 0 saturated heterocycles. The van der Waals surface area contributed by atoms with Crippen molar-refractivity contribution in [2.45, 2.75) is 26.9 Å². The molecular weight excluding hydrogens is 332 g/mol. The van der Waals surface area contributed by atoms with Crippen molar-refractivity contribution in [3.63, 3.8) is 0 Å². The quantitative estimate of drug-likeness (QED) is 0.738. The first-order valence-electron chi connectivity index (χ1n) is 8.16. The van der Waals surface area contributed by atoms with Gasteiger partial charge in [0.25, 0.3) is 5.56 Å². The second kappa shape index (κ2) is 7.30. The third-order valence-electron chi connectivity index (χ3n) is 4.15. The van der Waals surface area contributed by atoms with E-state index in [9.17, 15) is 9.59 Å². The molecule has 0 unspecified atom stereocenters. The van der Waals surface area contributed by atoms with E-state index in [2.05, 4.69) is 20.4 Å². The lowest BCUT2D eigenvalue weighted by Gasteiger charge is -2.09. The summed E-state index contributed by atoms with van der Waals surface area (Å²) in [4.78, 5) is 32.6.